The van der Waals surface area contributed by atoms with Crippen molar-refractivity contribution in [3.05, 3.63) is 21.5 Å². The Bertz CT molecular complexity index is 360. The van der Waals surface area contributed by atoms with E-state index in [0.717, 1.165) is 36.3 Å². The molecule has 94 valence electrons. The van der Waals surface area contributed by atoms with Gasteiger partial charge in [0.2, 0.25) is 0 Å². The van der Waals surface area contributed by atoms with Crippen LogP contribution in [0.5, 0.6) is 0 Å². The number of aryl methyl sites for hydroxylation is 1. The molecule has 3 nitrogen and oxygen atoms in total. The smallest absolute Gasteiger partial charge is 0.104 e. The molecule has 0 saturated carbocycles. The first-order valence-electron chi connectivity index (χ1n) is 6.41. The summed E-state index contributed by atoms with van der Waals surface area (Å²) in [4.78, 5) is 6.97. The number of pyridine rings is 1. The molecule has 1 aromatic heterocycles. The van der Waals surface area contributed by atoms with Crippen LogP contribution in [0.25, 0.3) is 0 Å². The fraction of sp³-hybridized carbons (Fsp3) is 0.615. The molecule has 2 rings (SSSR count). The van der Waals surface area contributed by atoms with Gasteiger partial charge in [0, 0.05) is 19.6 Å². The molecule has 0 unspecified atom stereocenters. The topological polar surface area (TPSA) is 28.2 Å². The van der Waals surface area contributed by atoms with Crippen molar-refractivity contribution in [2.45, 2.75) is 26.2 Å². The standard InChI is InChI=1S/C13H20IN3/c1-2-4-11-9-12(10-16-13(11)14)17-7-3-5-15-6-8-17/h9-10,15H,2-8H2,1H3. The van der Waals surface area contributed by atoms with Gasteiger partial charge in [-0.1, -0.05) is 13.3 Å². The molecular formula is C13H20IN3. The largest absolute Gasteiger partial charge is 0.369 e. The van der Waals surface area contributed by atoms with Crippen LogP contribution in [0.4, 0.5) is 5.69 Å². The maximum absolute atomic E-state index is 4.53. The second-order valence-corrected chi connectivity index (χ2v) is 5.51. The van der Waals surface area contributed by atoms with Crippen LogP contribution in [0.15, 0.2) is 12.3 Å². The highest BCUT2D eigenvalue weighted by atomic mass is 127. The molecule has 1 saturated heterocycles. The van der Waals surface area contributed by atoms with Crippen molar-refractivity contribution in [1.82, 2.24) is 10.3 Å². The zero-order chi connectivity index (χ0) is 12.1. The Labute approximate surface area is 117 Å². The third-order valence-corrected chi connectivity index (χ3v) is 4.09. The zero-order valence-corrected chi connectivity index (χ0v) is 12.5. The second kappa shape index (κ2) is 6.54. The molecule has 0 spiro atoms. The van der Waals surface area contributed by atoms with Crippen molar-refractivity contribution in [3.8, 4) is 0 Å². The zero-order valence-electron chi connectivity index (χ0n) is 10.4. The first kappa shape index (κ1) is 13.1. The average molecular weight is 345 g/mol. The lowest BCUT2D eigenvalue weighted by Gasteiger charge is -2.22. The first-order chi connectivity index (χ1) is 8.31. The van der Waals surface area contributed by atoms with E-state index in [1.807, 2.05) is 6.20 Å². The second-order valence-electron chi connectivity index (χ2n) is 4.48. The predicted octanol–water partition coefficient (Wildman–Crippen LogP) is 2.44. The first-order valence-corrected chi connectivity index (χ1v) is 7.49. The van der Waals surface area contributed by atoms with E-state index < -0.39 is 0 Å². The minimum atomic E-state index is 1.08. The van der Waals surface area contributed by atoms with E-state index in [9.17, 15) is 0 Å². The van der Waals surface area contributed by atoms with Crippen molar-refractivity contribution in [2.75, 3.05) is 31.1 Å². The summed E-state index contributed by atoms with van der Waals surface area (Å²) >= 11 is 2.34. The Morgan fingerprint density at radius 3 is 3.12 bits per heavy atom. The Balaban J connectivity index is 2.16. The van der Waals surface area contributed by atoms with E-state index in [2.05, 4.69) is 50.8 Å². The van der Waals surface area contributed by atoms with E-state index in [4.69, 9.17) is 0 Å². The number of nitrogens with one attached hydrogen (secondary N) is 1. The summed E-state index contributed by atoms with van der Waals surface area (Å²) in [6, 6.07) is 2.32. The third kappa shape index (κ3) is 3.55. The van der Waals surface area contributed by atoms with Gasteiger partial charge < -0.3 is 10.2 Å². The predicted molar refractivity (Wildman–Crippen MR) is 80.6 cm³/mol. The van der Waals surface area contributed by atoms with Crippen molar-refractivity contribution in [3.63, 3.8) is 0 Å². The lowest BCUT2D eigenvalue weighted by Crippen LogP contribution is -2.28. The minimum Gasteiger partial charge on any atom is -0.369 e. The number of nitrogens with zero attached hydrogens (tertiary/aromatic N) is 2. The Morgan fingerprint density at radius 2 is 2.29 bits per heavy atom. The molecular weight excluding hydrogens is 325 g/mol. The van der Waals surface area contributed by atoms with Gasteiger partial charge >= 0.3 is 0 Å². The number of rotatable bonds is 3. The molecule has 1 aromatic rings. The van der Waals surface area contributed by atoms with Crippen molar-refractivity contribution < 1.29 is 0 Å². The van der Waals surface area contributed by atoms with Crippen LogP contribution in [-0.4, -0.2) is 31.2 Å². The maximum Gasteiger partial charge on any atom is 0.104 e. The van der Waals surface area contributed by atoms with Crippen molar-refractivity contribution in [2.24, 2.45) is 0 Å². The number of anilines is 1. The quantitative estimate of drug-likeness (QED) is 0.674. The summed E-state index contributed by atoms with van der Waals surface area (Å²) in [5.41, 5.74) is 2.68. The minimum absolute atomic E-state index is 1.08. The highest BCUT2D eigenvalue weighted by Gasteiger charge is 2.11. The van der Waals surface area contributed by atoms with Gasteiger partial charge in [0.15, 0.2) is 0 Å². The third-order valence-electron chi connectivity index (χ3n) is 3.12. The van der Waals surface area contributed by atoms with Gasteiger partial charge in [-0.15, -0.1) is 0 Å². The van der Waals surface area contributed by atoms with Crippen molar-refractivity contribution in [1.29, 1.82) is 0 Å². The van der Waals surface area contributed by atoms with Crippen LogP contribution in [0, 0.1) is 3.70 Å². The fourth-order valence-corrected chi connectivity index (χ4v) is 2.77. The monoisotopic (exact) mass is 345 g/mol. The van der Waals surface area contributed by atoms with E-state index in [0.29, 0.717) is 0 Å². The number of hydrogen-bond donors (Lipinski definition) is 1. The molecule has 0 aliphatic carbocycles. The van der Waals surface area contributed by atoms with Gasteiger partial charge in [0.05, 0.1) is 11.9 Å². The highest BCUT2D eigenvalue weighted by molar-refractivity contribution is 14.1. The highest BCUT2D eigenvalue weighted by Crippen LogP contribution is 2.20. The van der Waals surface area contributed by atoms with Crippen molar-refractivity contribution >= 4 is 28.3 Å². The average Bonchev–Trinajstić information content (AvgIpc) is 2.61. The summed E-state index contributed by atoms with van der Waals surface area (Å²) in [5.74, 6) is 0. The molecule has 0 atom stereocenters. The molecule has 0 aromatic carbocycles. The van der Waals surface area contributed by atoms with E-state index in [-0.39, 0.29) is 0 Å². The maximum atomic E-state index is 4.53. The van der Waals surface area contributed by atoms with Gasteiger partial charge in [0.25, 0.3) is 0 Å². The van der Waals surface area contributed by atoms with E-state index in [1.54, 1.807) is 0 Å². The van der Waals surface area contributed by atoms with Gasteiger partial charge in [-0.05, 0) is 53.6 Å². The molecule has 17 heavy (non-hydrogen) atoms. The van der Waals surface area contributed by atoms with Gasteiger partial charge in [-0.3, -0.25) is 0 Å². The Kier molecular flexibility index (Phi) is 5.03. The summed E-state index contributed by atoms with van der Waals surface area (Å²) in [7, 11) is 0. The van der Waals surface area contributed by atoms with Crippen LogP contribution < -0.4 is 10.2 Å². The number of aromatic nitrogens is 1. The molecule has 1 fully saturated rings. The Hall–Kier alpha value is -0.360. The Morgan fingerprint density at radius 1 is 1.41 bits per heavy atom. The lowest BCUT2D eigenvalue weighted by molar-refractivity contribution is 0.724. The molecule has 0 bridgehead atoms. The van der Waals surface area contributed by atoms with Gasteiger partial charge in [-0.25, -0.2) is 4.98 Å². The summed E-state index contributed by atoms with van der Waals surface area (Å²) in [5, 5.41) is 3.43. The molecule has 2 heterocycles. The van der Waals surface area contributed by atoms with Crippen LogP contribution in [-0.2, 0) is 6.42 Å². The van der Waals surface area contributed by atoms with E-state index >= 15 is 0 Å². The van der Waals surface area contributed by atoms with Gasteiger partial charge in [-0.2, -0.15) is 0 Å². The molecule has 1 aliphatic heterocycles. The number of halogens is 1. The molecule has 1 aliphatic rings. The van der Waals surface area contributed by atoms with Gasteiger partial charge in [0.1, 0.15) is 3.70 Å². The molecule has 4 heteroatoms. The number of hydrogen-bond acceptors (Lipinski definition) is 3. The summed E-state index contributed by atoms with van der Waals surface area (Å²) < 4.78 is 1.15. The fourth-order valence-electron chi connectivity index (χ4n) is 2.20. The van der Waals surface area contributed by atoms with Crippen LogP contribution >= 0.6 is 22.6 Å². The summed E-state index contributed by atoms with van der Waals surface area (Å²) in [6.07, 6.45) is 5.55. The van der Waals surface area contributed by atoms with E-state index in [1.165, 1.54) is 24.1 Å². The molecule has 0 amide bonds. The van der Waals surface area contributed by atoms with Crippen LogP contribution in [0.1, 0.15) is 25.3 Å². The molecule has 0 radical (unpaired) electrons. The lowest BCUT2D eigenvalue weighted by atomic mass is 10.1. The van der Waals surface area contributed by atoms with Crippen LogP contribution in [0.3, 0.4) is 0 Å². The normalized spacial score (nSPS) is 16.9. The van der Waals surface area contributed by atoms with Crippen LogP contribution in [0.2, 0.25) is 0 Å². The SMILES string of the molecule is CCCc1cc(N2CCCNCC2)cnc1I. The summed E-state index contributed by atoms with van der Waals surface area (Å²) in [6.45, 7) is 6.67. The molecule has 1 N–H and O–H groups in total.